The van der Waals surface area contributed by atoms with Gasteiger partial charge >= 0.3 is 11.9 Å². The van der Waals surface area contributed by atoms with Gasteiger partial charge in [0.25, 0.3) is 0 Å². The Kier molecular flexibility index (Phi) is 3.37. The van der Waals surface area contributed by atoms with E-state index in [0.717, 1.165) is 0 Å². The van der Waals surface area contributed by atoms with Gasteiger partial charge in [-0.1, -0.05) is 0 Å². The summed E-state index contributed by atoms with van der Waals surface area (Å²) >= 11 is 0. The van der Waals surface area contributed by atoms with Gasteiger partial charge in [0.15, 0.2) is 0 Å². The average Bonchev–Trinajstić information content (AvgIpc) is 2.17. The molecule has 4 N–H and O–H groups in total. The zero-order valence-electron chi connectivity index (χ0n) is 7.64. The van der Waals surface area contributed by atoms with Crippen LogP contribution in [0.5, 0.6) is 0 Å². The normalized spacial score (nSPS) is 9.93. The first kappa shape index (κ1) is 11.2. The fraction of sp³-hybridized carbons (Fsp3) is 0.111. The molecule has 0 amide bonds. The molecule has 0 radical (unpaired) electrons. The van der Waals surface area contributed by atoms with Crippen LogP contribution >= 0.6 is 0 Å². The Morgan fingerprint density at radius 1 is 1.27 bits per heavy atom. The molecule has 15 heavy (non-hydrogen) atoms. The molecule has 0 saturated heterocycles. The highest BCUT2D eigenvalue weighted by atomic mass is 16.6. The molecule has 0 saturated carbocycles. The van der Waals surface area contributed by atoms with Crippen LogP contribution in [0.25, 0.3) is 0 Å². The van der Waals surface area contributed by atoms with E-state index in [1.165, 1.54) is 18.2 Å². The van der Waals surface area contributed by atoms with Gasteiger partial charge in [-0.05, 0) is 23.8 Å². The van der Waals surface area contributed by atoms with Gasteiger partial charge in [-0.15, -0.1) is 0 Å². The first-order chi connectivity index (χ1) is 7.06. The molecule has 80 valence electrons. The molecule has 0 aliphatic rings. The largest absolute Gasteiger partial charge is 0.478 e. The van der Waals surface area contributed by atoms with Crippen LogP contribution < -0.4 is 5.90 Å². The zero-order chi connectivity index (χ0) is 11.4. The van der Waals surface area contributed by atoms with Gasteiger partial charge in [0.2, 0.25) is 0 Å². The first-order valence-corrected chi connectivity index (χ1v) is 3.97. The van der Waals surface area contributed by atoms with Crippen LogP contribution in [0.1, 0.15) is 26.3 Å². The van der Waals surface area contributed by atoms with Crippen molar-refractivity contribution in [1.82, 2.24) is 0 Å². The second-order valence-corrected chi connectivity index (χ2v) is 2.79. The van der Waals surface area contributed by atoms with Gasteiger partial charge in [-0.25, -0.2) is 15.5 Å². The van der Waals surface area contributed by atoms with Crippen molar-refractivity contribution in [3.05, 3.63) is 34.9 Å². The first-order valence-electron chi connectivity index (χ1n) is 3.97. The number of hydrogen-bond donors (Lipinski definition) is 3. The number of carbonyl (C=O) groups is 2. The Morgan fingerprint density at radius 3 is 2.40 bits per heavy atom. The minimum absolute atomic E-state index is 0.00736. The lowest BCUT2D eigenvalue weighted by atomic mass is 10.0. The maximum Gasteiger partial charge on any atom is 0.336 e. The predicted octanol–water partition coefficient (Wildman–Crippen LogP) is 0.473. The quantitative estimate of drug-likeness (QED) is 0.624. The summed E-state index contributed by atoms with van der Waals surface area (Å²) in [6, 6.07) is 3.64. The Bertz CT molecular complexity index is 401. The van der Waals surface area contributed by atoms with E-state index >= 15 is 0 Å². The number of nitrogens with two attached hydrogens (primary N) is 1. The fourth-order valence-corrected chi connectivity index (χ4v) is 1.14. The number of aromatic carboxylic acids is 2. The van der Waals surface area contributed by atoms with Crippen LogP contribution in [0.2, 0.25) is 0 Å². The molecule has 0 spiro atoms. The van der Waals surface area contributed by atoms with E-state index in [1.807, 2.05) is 0 Å². The number of carboxylic acid groups (broad SMARTS) is 2. The van der Waals surface area contributed by atoms with Crippen LogP contribution in [0, 0.1) is 0 Å². The standard InChI is InChI=1S/C9H9NO5/c10-15-4-6-3-5(8(11)12)1-2-7(6)9(13)14/h1-3H,4,10H2,(H,11,12)(H,13,14). The summed E-state index contributed by atoms with van der Waals surface area (Å²) in [5.74, 6) is 2.53. The third-order valence-corrected chi connectivity index (χ3v) is 1.82. The third-order valence-electron chi connectivity index (χ3n) is 1.82. The molecule has 0 aliphatic carbocycles. The van der Waals surface area contributed by atoms with E-state index in [-0.39, 0.29) is 23.3 Å². The highest BCUT2D eigenvalue weighted by Crippen LogP contribution is 2.13. The molecule has 0 heterocycles. The van der Waals surface area contributed by atoms with Crippen LogP contribution in [0.15, 0.2) is 18.2 Å². The molecule has 6 heteroatoms. The molecular formula is C9H9NO5. The van der Waals surface area contributed by atoms with E-state index < -0.39 is 11.9 Å². The fourth-order valence-electron chi connectivity index (χ4n) is 1.14. The number of hydrogen-bond acceptors (Lipinski definition) is 4. The Labute approximate surface area is 84.8 Å². The van der Waals surface area contributed by atoms with Gasteiger partial charge in [0.05, 0.1) is 17.7 Å². The molecule has 0 aromatic heterocycles. The summed E-state index contributed by atoms with van der Waals surface area (Å²) < 4.78 is 0. The molecule has 0 aliphatic heterocycles. The molecule has 1 aromatic rings. The van der Waals surface area contributed by atoms with Crippen LogP contribution in [-0.4, -0.2) is 22.2 Å². The van der Waals surface area contributed by atoms with Crippen molar-refractivity contribution in [2.75, 3.05) is 0 Å². The second kappa shape index (κ2) is 4.54. The van der Waals surface area contributed by atoms with Crippen LogP contribution in [0.3, 0.4) is 0 Å². The van der Waals surface area contributed by atoms with Gasteiger partial charge < -0.3 is 10.2 Å². The summed E-state index contributed by atoms with van der Waals surface area (Å²) in [5.41, 5.74) is 0.197. The van der Waals surface area contributed by atoms with Gasteiger partial charge in [-0.2, -0.15) is 0 Å². The van der Waals surface area contributed by atoms with Crippen molar-refractivity contribution in [3.63, 3.8) is 0 Å². The lowest BCUT2D eigenvalue weighted by Crippen LogP contribution is -2.08. The van der Waals surface area contributed by atoms with E-state index in [1.54, 1.807) is 0 Å². The van der Waals surface area contributed by atoms with Crippen molar-refractivity contribution in [3.8, 4) is 0 Å². The maximum absolute atomic E-state index is 10.7. The average molecular weight is 211 g/mol. The SMILES string of the molecule is NOCc1cc(C(=O)O)ccc1C(=O)O. The minimum Gasteiger partial charge on any atom is -0.478 e. The summed E-state index contributed by atoms with van der Waals surface area (Å²) in [7, 11) is 0. The van der Waals surface area contributed by atoms with Crippen LogP contribution in [-0.2, 0) is 11.4 Å². The smallest absolute Gasteiger partial charge is 0.336 e. The van der Waals surface area contributed by atoms with Crippen molar-refractivity contribution >= 4 is 11.9 Å². The summed E-state index contributed by atoms with van der Waals surface area (Å²) in [6.07, 6.45) is 0. The Morgan fingerprint density at radius 2 is 1.93 bits per heavy atom. The molecule has 0 atom stereocenters. The predicted molar refractivity (Wildman–Crippen MR) is 49.3 cm³/mol. The Hall–Kier alpha value is -1.92. The molecule has 6 nitrogen and oxygen atoms in total. The summed E-state index contributed by atoms with van der Waals surface area (Å²) in [4.78, 5) is 25.7. The lowest BCUT2D eigenvalue weighted by Gasteiger charge is -2.05. The topological polar surface area (TPSA) is 110 Å². The second-order valence-electron chi connectivity index (χ2n) is 2.79. The minimum atomic E-state index is -1.15. The lowest BCUT2D eigenvalue weighted by molar-refractivity contribution is 0.0673. The van der Waals surface area contributed by atoms with E-state index in [0.29, 0.717) is 0 Å². The third kappa shape index (κ3) is 2.52. The summed E-state index contributed by atoms with van der Waals surface area (Å²) in [6.45, 7) is -0.150. The van der Waals surface area contributed by atoms with E-state index in [2.05, 4.69) is 4.84 Å². The molecule has 0 fully saturated rings. The number of rotatable bonds is 4. The van der Waals surface area contributed by atoms with Gasteiger partial charge in [-0.3, -0.25) is 4.84 Å². The van der Waals surface area contributed by atoms with Crippen molar-refractivity contribution < 1.29 is 24.6 Å². The van der Waals surface area contributed by atoms with Crippen molar-refractivity contribution in [1.29, 1.82) is 0 Å². The van der Waals surface area contributed by atoms with E-state index in [9.17, 15) is 9.59 Å². The molecule has 1 aromatic carbocycles. The molecular weight excluding hydrogens is 202 g/mol. The molecule has 1 rings (SSSR count). The monoisotopic (exact) mass is 211 g/mol. The number of benzene rings is 1. The highest BCUT2D eigenvalue weighted by Gasteiger charge is 2.13. The molecule has 0 bridgehead atoms. The van der Waals surface area contributed by atoms with E-state index in [4.69, 9.17) is 16.1 Å². The van der Waals surface area contributed by atoms with Gasteiger partial charge in [0, 0.05) is 0 Å². The molecule has 0 unspecified atom stereocenters. The van der Waals surface area contributed by atoms with Crippen molar-refractivity contribution in [2.24, 2.45) is 5.90 Å². The maximum atomic E-state index is 10.7. The highest BCUT2D eigenvalue weighted by molar-refractivity contribution is 5.93. The Balaban J connectivity index is 3.20. The summed E-state index contributed by atoms with van der Waals surface area (Å²) in [5, 5.41) is 17.5. The van der Waals surface area contributed by atoms with Crippen LogP contribution in [0.4, 0.5) is 0 Å². The van der Waals surface area contributed by atoms with Gasteiger partial charge in [0.1, 0.15) is 0 Å². The number of carboxylic acids is 2. The zero-order valence-corrected chi connectivity index (χ0v) is 7.64. The van der Waals surface area contributed by atoms with Crippen molar-refractivity contribution in [2.45, 2.75) is 6.61 Å².